The summed E-state index contributed by atoms with van der Waals surface area (Å²) in [4.78, 5) is 20.2. The number of fused-ring (bicyclic) bond motifs is 3. The van der Waals surface area contributed by atoms with Crippen molar-refractivity contribution in [2.45, 2.75) is 39.8 Å². The normalized spacial score (nSPS) is 15.7. The largest absolute Gasteiger partial charge is 0.493 e. The number of aromatic nitrogens is 2. The fraction of sp³-hybridized carbons (Fsp3) is 0.368. The number of benzene rings is 1. The molecule has 1 aromatic carbocycles. The molecule has 3 aromatic rings. The molecule has 0 saturated carbocycles. The number of carbonyl (C=O) groups excluding carboxylic acids is 1. The van der Waals surface area contributed by atoms with Crippen molar-refractivity contribution in [3.05, 3.63) is 39.5 Å². The van der Waals surface area contributed by atoms with Crippen molar-refractivity contribution in [2.75, 3.05) is 6.61 Å². The van der Waals surface area contributed by atoms with Gasteiger partial charge in [-0.1, -0.05) is 0 Å². The molecule has 1 aliphatic heterocycles. The molecule has 0 bridgehead atoms. The van der Waals surface area contributed by atoms with Gasteiger partial charge in [0.2, 0.25) is 0 Å². The number of hydrogen-bond donors (Lipinski definition) is 2. The van der Waals surface area contributed by atoms with Crippen LogP contribution in [0.4, 0.5) is 0 Å². The molecule has 0 saturated heterocycles. The van der Waals surface area contributed by atoms with Gasteiger partial charge in [0.05, 0.1) is 18.7 Å². The zero-order chi connectivity index (χ0) is 18.3. The van der Waals surface area contributed by atoms with E-state index in [9.17, 15) is 4.79 Å². The molecule has 4 rings (SSSR count). The summed E-state index contributed by atoms with van der Waals surface area (Å²) in [5.41, 5.74) is 3.39. The van der Waals surface area contributed by atoms with Gasteiger partial charge in [0.25, 0.3) is 5.91 Å². The highest BCUT2D eigenvalue weighted by molar-refractivity contribution is 7.09. The Morgan fingerprint density at radius 2 is 2.35 bits per heavy atom. The molecule has 7 heteroatoms. The third-order valence-corrected chi connectivity index (χ3v) is 5.31. The predicted octanol–water partition coefficient (Wildman–Crippen LogP) is 3.58. The van der Waals surface area contributed by atoms with Crippen LogP contribution in [-0.2, 0) is 13.0 Å². The maximum Gasteiger partial charge on any atom is 0.268 e. The minimum Gasteiger partial charge on any atom is -0.493 e. The van der Waals surface area contributed by atoms with Gasteiger partial charge in [0.1, 0.15) is 28.3 Å². The number of aromatic amines is 1. The van der Waals surface area contributed by atoms with E-state index in [0.29, 0.717) is 18.8 Å². The maximum absolute atomic E-state index is 12.6. The second-order valence-electron chi connectivity index (χ2n) is 6.47. The topological polar surface area (TPSA) is 76.2 Å². The number of hydrogen-bond acceptors (Lipinski definition) is 5. The number of nitrogens with zero attached hydrogens (tertiary/aromatic N) is 1. The molecule has 0 aliphatic carbocycles. The van der Waals surface area contributed by atoms with Crippen LogP contribution in [0.3, 0.4) is 0 Å². The lowest BCUT2D eigenvalue weighted by Gasteiger charge is -2.08. The van der Waals surface area contributed by atoms with Crippen molar-refractivity contribution in [2.24, 2.45) is 0 Å². The summed E-state index contributed by atoms with van der Waals surface area (Å²) < 4.78 is 11.7. The molecule has 1 atom stereocenters. The molecular formula is C19H21N3O3S. The quantitative estimate of drug-likeness (QED) is 0.719. The van der Waals surface area contributed by atoms with E-state index in [0.717, 1.165) is 45.1 Å². The van der Waals surface area contributed by atoms with Gasteiger partial charge in [0.15, 0.2) is 0 Å². The number of nitrogens with one attached hydrogen (secondary N) is 2. The molecule has 136 valence electrons. The smallest absolute Gasteiger partial charge is 0.268 e. The summed E-state index contributed by atoms with van der Waals surface area (Å²) in [7, 11) is 0. The Hall–Kier alpha value is -2.54. The molecule has 6 nitrogen and oxygen atoms in total. The first-order valence-electron chi connectivity index (χ1n) is 8.72. The number of ether oxygens (including phenoxy) is 2. The highest BCUT2D eigenvalue weighted by Gasteiger charge is 2.26. The summed E-state index contributed by atoms with van der Waals surface area (Å²) in [5.74, 6) is 1.44. The van der Waals surface area contributed by atoms with Crippen LogP contribution in [0.2, 0.25) is 0 Å². The van der Waals surface area contributed by atoms with Crippen LogP contribution in [0.5, 0.6) is 11.5 Å². The van der Waals surface area contributed by atoms with E-state index in [1.807, 2.05) is 38.3 Å². The molecule has 2 aromatic heterocycles. The van der Waals surface area contributed by atoms with Gasteiger partial charge in [-0.15, -0.1) is 11.3 Å². The maximum atomic E-state index is 12.6. The van der Waals surface area contributed by atoms with Crippen LogP contribution >= 0.6 is 11.3 Å². The van der Waals surface area contributed by atoms with Gasteiger partial charge in [-0.2, -0.15) is 0 Å². The van der Waals surface area contributed by atoms with Crippen LogP contribution in [-0.4, -0.2) is 28.6 Å². The summed E-state index contributed by atoms with van der Waals surface area (Å²) in [5, 5.41) is 6.65. The van der Waals surface area contributed by atoms with Gasteiger partial charge in [-0.3, -0.25) is 4.79 Å². The fourth-order valence-electron chi connectivity index (χ4n) is 3.26. The number of H-pyrrole nitrogens is 1. The van der Waals surface area contributed by atoms with Gasteiger partial charge < -0.3 is 19.8 Å². The van der Waals surface area contributed by atoms with Crippen molar-refractivity contribution < 1.29 is 14.3 Å². The SMILES string of the molecule is CCOc1cc2c(c3[nH]c(C(=O)NCc4nc(C)cs4)cc13)OC(C)C2. The van der Waals surface area contributed by atoms with E-state index >= 15 is 0 Å². The summed E-state index contributed by atoms with van der Waals surface area (Å²) in [6.07, 6.45) is 0.966. The number of aryl methyl sites for hydroxylation is 1. The van der Waals surface area contributed by atoms with Crippen LogP contribution in [0.1, 0.15) is 40.6 Å². The summed E-state index contributed by atoms with van der Waals surface area (Å²) in [6, 6.07) is 3.86. The average Bonchev–Trinajstić information content (AvgIpc) is 3.30. The Bertz CT molecular complexity index is 976. The number of rotatable bonds is 5. The molecule has 0 fully saturated rings. The summed E-state index contributed by atoms with van der Waals surface area (Å²) in [6.45, 7) is 6.92. The Kier molecular flexibility index (Phi) is 4.32. The number of amides is 1. The van der Waals surface area contributed by atoms with Gasteiger partial charge in [-0.25, -0.2) is 4.98 Å². The standard InChI is InChI=1S/C19H21N3O3S/c1-4-24-15-6-12-5-11(3)25-18(12)17-13(15)7-14(22-17)19(23)20-8-16-21-10(2)9-26-16/h6-7,9,11,22H,4-5,8H2,1-3H3,(H,20,23). The molecule has 1 unspecified atom stereocenters. The second-order valence-corrected chi connectivity index (χ2v) is 7.41. The molecule has 0 radical (unpaired) electrons. The predicted molar refractivity (Wildman–Crippen MR) is 101 cm³/mol. The first-order chi connectivity index (χ1) is 12.5. The van der Waals surface area contributed by atoms with Crippen molar-refractivity contribution >= 4 is 28.1 Å². The van der Waals surface area contributed by atoms with Crippen LogP contribution in [0.15, 0.2) is 17.5 Å². The molecule has 3 heterocycles. The van der Waals surface area contributed by atoms with Crippen molar-refractivity contribution in [1.29, 1.82) is 0 Å². The first kappa shape index (κ1) is 16.9. The Morgan fingerprint density at radius 1 is 1.50 bits per heavy atom. The molecule has 1 aliphatic rings. The van der Waals surface area contributed by atoms with Crippen LogP contribution in [0, 0.1) is 6.92 Å². The average molecular weight is 371 g/mol. The van der Waals surface area contributed by atoms with Crippen LogP contribution < -0.4 is 14.8 Å². The Morgan fingerprint density at radius 3 is 3.08 bits per heavy atom. The lowest BCUT2D eigenvalue weighted by Crippen LogP contribution is -2.23. The van der Waals surface area contributed by atoms with Crippen molar-refractivity contribution in [3.8, 4) is 11.5 Å². The van der Waals surface area contributed by atoms with E-state index in [4.69, 9.17) is 9.47 Å². The molecule has 2 N–H and O–H groups in total. The van der Waals surface area contributed by atoms with Gasteiger partial charge in [-0.05, 0) is 32.9 Å². The van der Waals surface area contributed by atoms with E-state index in [1.165, 1.54) is 0 Å². The van der Waals surface area contributed by atoms with E-state index in [-0.39, 0.29) is 12.0 Å². The van der Waals surface area contributed by atoms with Crippen LogP contribution in [0.25, 0.3) is 10.9 Å². The second kappa shape index (κ2) is 6.64. The zero-order valence-electron chi connectivity index (χ0n) is 15.0. The Labute approximate surface area is 155 Å². The summed E-state index contributed by atoms with van der Waals surface area (Å²) >= 11 is 1.54. The van der Waals surface area contributed by atoms with E-state index < -0.39 is 0 Å². The third-order valence-electron chi connectivity index (χ3n) is 4.34. The minimum absolute atomic E-state index is 0.124. The third kappa shape index (κ3) is 3.03. The first-order valence-corrected chi connectivity index (χ1v) is 9.60. The molecular weight excluding hydrogens is 350 g/mol. The number of thiazole rings is 1. The van der Waals surface area contributed by atoms with Crippen molar-refractivity contribution in [3.63, 3.8) is 0 Å². The molecule has 26 heavy (non-hydrogen) atoms. The zero-order valence-corrected chi connectivity index (χ0v) is 15.8. The monoisotopic (exact) mass is 371 g/mol. The lowest BCUT2D eigenvalue weighted by molar-refractivity contribution is 0.0946. The molecule has 0 spiro atoms. The van der Waals surface area contributed by atoms with E-state index in [2.05, 4.69) is 15.3 Å². The highest BCUT2D eigenvalue weighted by atomic mass is 32.1. The highest BCUT2D eigenvalue weighted by Crippen LogP contribution is 2.41. The Balaban J connectivity index is 1.65. The minimum atomic E-state index is -0.170. The van der Waals surface area contributed by atoms with Crippen molar-refractivity contribution in [1.82, 2.24) is 15.3 Å². The number of carbonyl (C=O) groups is 1. The fourth-order valence-corrected chi connectivity index (χ4v) is 3.97. The van der Waals surface area contributed by atoms with E-state index in [1.54, 1.807) is 11.3 Å². The molecule has 1 amide bonds. The van der Waals surface area contributed by atoms with Gasteiger partial charge in [0, 0.05) is 28.4 Å². The van der Waals surface area contributed by atoms with Gasteiger partial charge >= 0.3 is 0 Å². The lowest BCUT2D eigenvalue weighted by atomic mass is 10.1.